The summed E-state index contributed by atoms with van der Waals surface area (Å²) in [6, 6.07) is 7.57. The Labute approximate surface area is 156 Å². The lowest BCUT2D eigenvalue weighted by Gasteiger charge is -2.30. The molecule has 0 spiro atoms. The summed E-state index contributed by atoms with van der Waals surface area (Å²) in [7, 11) is 0. The number of piperidine rings is 1. The van der Waals surface area contributed by atoms with E-state index in [0.717, 1.165) is 43.6 Å². The smallest absolute Gasteiger partial charge is 0.314 e. The van der Waals surface area contributed by atoms with E-state index in [-0.39, 0.29) is 11.8 Å². The van der Waals surface area contributed by atoms with E-state index in [2.05, 4.69) is 19.2 Å². The third kappa shape index (κ3) is 6.58. The average molecular weight is 361 g/mol. The molecule has 3 amide bonds. The minimum Gasteiger partial charge on any atom is -0.494 e. The number of amides is 3. The molecule has 1 fully saturated rings. The SMILES string of the molecule is CC(C)CCOc1ccc(CCNC(=O)[C@H]2CCCN(C(N)=O)C2)cc1. The molecule has 3 N–H and O–H groups in total. The highest BCUT2D eigenvalue weighted by atomic mass is 16.5. The molecule has 1 atom stereocenters. The van der Waals surface area contributed by atoms with Gasteiger partial charge in [0.2, 0.25) is 5.91 Å². The Hall–Kier alpha value is -2.24. The van der Waals surface area contributed by atoms with Gasteiger partial charge in [0.15, 0.2) is 0 Å². The first-order valence-corrected chi connectivity index (χ1v) is 9.49. The highest BCUT2D eigenvalue weighted by molar-refractivity contribution is 5.80. The number of benzene rings is 1. The van der Waals surface area contributed by atoms with Crippen molar-refractivity contribution in [1.82, 2.24) is 10.2 Å². The number of primary amides is 1. The van der Waals surface area contributed by atoms with Gasteiger partial charge in [-0.1, -0.05) is 26.0 Å². The Balaban J connectivity index is 1.70. The summed E-state index contributed by atoms with van der Waals surface area (Å²) in [5.41, 5.74) is 6.46. The molecule has 26 heavy (non-hydrogen) atoms. The topological polar surface area (TPSA) is 84.7 Å². The van der Waals surface area contributed by atoms with Gasteiger partial charge in [-0.2, -0.15) is 0 Å². The Morgan fingerprint density at radius 2 is 2.04 bits per heavy atom. The number of carbonyl (C=O) groups excluding carboxylic acids is 2. The Morgan fingerprint density at radius 3 is 2.69 bits per heavy atom. The highest BCUT2D eigenvalue weighted by Crippen LogP contribution is 2.17. The van der Waals surface area contributed by atoms with E-state index in [1.165, 1.54) is 0 Å². The number of rotatable bonds is 8. The normalized spacial score (nSPS) is 17.2. The molecule has 0 aliphatic carbocycles. The van der Waals surface area contributed by atoms with Crippen molar-refractivity contribution in [2.24, 2.45) is 17.6 Å². The Bertz CT molecular complexity index is 586. The van der Waals surface area contributed by atoms with Crippen LogP contribution in [0.2, 0.25) is 0 Å². The van der Waals surface area contributed by atoms with Crippen LogP contribution in [-0.2, 0) is 11.2 Å². The number of likely N-dealkylation sites (tertiary alicyclic amines) is 1. The average Bonchev–Trinajstić information content (AvgIpc) is 2.62. The zero-order chi connectivity index (χ0) is 18.9. The second kappa shape index (κ2) is 10.0. The molecule has 1 aromatic rings. The molecule has 1 aromatic carbocycles. The molecule has 1 heterocycles. The van der Waals surface area contributed by atoms with Crippen molar-refractivity contribution in [3.63, 3.8) is 0 Å². The van der Waals surface area contributed by atoms with E-state index < -0.39 is 6.03 Å². The van der Waals surface area contributed by atoms with Gasteiger partial charge >= 0.3 is 6.03 Å². The van der Waals surface area contributed by atoms with Gasteiger partial charge in [0.1, 0.15) is 5.75 Å². The van der Waals surface area contributed by atoms with Crippen molar-refractivity contribution in [3.05, 3.63) is 29.8 Å². The fourth-order valence-corrected chi connectivity index (χ4v) is 3.03. The van der Waals surface area contributed by atoms with Crippen molar-refractivity contribution >= 4 is 11.9 Å². The molecule has 1 saturated heterocycles. The molecule has 0 aromatic heterocycles. The Kier molecular flexibility index (Phi) is 7.75. The molecule has 0 saturated carbocycles. The van der Waals surface area contributed by atoms with Gasteiger partial charge in [-0.05, 0) is 49.3 Å². The van der Waals surface area contributed by atoms with Gasteiger partial charge in [0, 0.05) is 19.6 Å². The van der Waals surface area contributed by atoms with Gasteiger partial charge in [-0.15, -0.1) is 0 Å². The highest BCUT2D eigenvalue weighted by Gasteiger charge is 2.27. The zero-order valence-electron chi connectivity index (χ0n) is 15.9. The quantitative estimate of drug-likeness (QED) is 0.746. The predicted octanol–water partition coefficient (Wildman–Crippen LogP) is 2.56. The van der Waals surface area contributed by atoms with E-state index in [4.69, 9.17) is 10.5 Å². The first kappa shape index (κ1) is 20.1. The number of nitrogens with zero attached hydrogens (tertiary/aromatic N) is 1. The third-order valence-corrected chi connectivity index (χ3v) is 4.70. The fourth-order valence-electron chi connectivity index (χ4n) is 3.03. The first-order valence-electron chi connectivity index (χ1n) is 9.49. The number of urea groups is 1. The van der Waals surface area contributed by atoms with Gasteiger partial charge < -0.3 is 20.7 Å². The lowest BCUT2D eigenvalue weighted by molar-refractivity contribution is -0.126. The number of carbonyl (C=O) groups is 2. The maximum Gasteiger partial charge on any atom is 0.314 e. The van der Waals surface area contributed by atoms with Crippen molar-refractivity contribution in [1.29, 1.82) is 0 Å². The van der Waals surface area contributed by atoms with E-state index in [0.29, 0.717) is 25.6 Å². The van der Waals surface area contributed by atoms with Crippen LogP contribution in [0.3, 0.4) is 0 Å². The van der Waals surface area contributed by atoms with E-state index in [1.54, 1.807) is 4.90 Å². The number of ether oxygens (including phenoxy) is 1. The summed E-state index contributed by atoms with van der Waals surface area (Å²) >= 11 is 0. The molecule has 144 valence electrons. The van der Waals surface area contributed by atoms with Gasteiger partial charge in [0.25, 0.3) is 0 Å². The summed E-state index contributed by atoms with van der Waals surface area (Å²) in [6.07, 6.45) is 3.43. The predicted molar refractivity (Wildman–Crippen MR) is 102 cm³/mol. The minimum absolute atomic E-state index is 0.00425. The van der Waals surface area contributed by atoms with Crippen LogP contribution in [0.4, 0.5) is 4.79 Å². The molecule has 0 radical (unpaired) electrons. The number of nitrogens with two attached hydrogens (primary N) is 1. The van der Waals surface area contributed by atoms with Gasteiger partial charge in [-0.25, -0.2) is 4.79 Å². The largest absolute Gasteiger partial charge is 0.494 e. The third-order valence-electron chi connectivity index (χ3n) is 4.70. The number of nitrogens with one attached hydrogen (secondary N) is 1. The summed E-state index contributed by atoms with van der Waals surface area (Å²) in [6.45, 7) is 6.74. The molecule has 1 aliphatic rings. The summed E-state index contributed by atoms with van der Waals surface area (Å²) in [5.74, 6) is 1.36. The van der Waals surface area contributed by atoms with Crippen LogP contribution in [0.1, 0.15) is 38.7 Å². The van der Waals surface area contributed by atoms with Crippen molar-refractivity contribution in [2.45, 2.75) is 39.5 Å². The molecule has 0 unspecified atom stereocenters. The second-order valence-electron chi connectivity index (χ2n) is 7.34. The van der Waals surface area contributed by atoms with Gasteiger partial charge in [-0.3, -0.25) is 4.79 Å². The molecule has 6 heteroatoms. The summed E-state index contributed by atoms with van der Waals surface area (Å²) in [5, 5.41) is 2.97. The minimum atomic E-state index is -0.446. The number of hydrogen-bond donors (Lipinski definition) is 2. The monoisotopic (exact) mass is 361 g/mol. The van der Waals surface area contributed by atoms with Crippen molar-refractivity contribution in [3.8, 4) is 5.75 Å². The summed E-state index contributed by atoms with van der Waals surface area (Å²) < 4.78 is 5.71. The molecule has 1 aliphatic heterocycles. The lowest BCUT2D eigenvalue weighted by Crippen LogP contribution is -2.47. The van der Waals surface area contributed by atoms with E-state index in [9.17, 15) is 9.59 Å². The fraction of sp³-hybridized carbons (Fsp3) is 0.600. The zero-order valence-corrected chi connectivity index (χ0v) is 15.9. The van der Waals surface area contributed by atoms with Crippen LogP contribution >= 0.6 is 0 Å². The van der Waals surface area contributed by atoms with Crippen LogP contribution in [0, 0.1) is 11.8 Å². The second-order valence-corrected chi connectivity index (χ2v) is 7.34. The first-order chi connectivity index (χ1) is 12.5. The standard InChI is InChI=1S/C20H31N3O3/c1-15(2)10-13-26-18-7-5-16(6-8-18)9-11-22-19(24)17-4-3-12-23(14-17)20(21)25/h5-8,15,17H,3-4,9-14H2,1-2H3,(H2,21,25)(H,22,24)/t17-/m0/s1. The lowest BCUT2D eigenvalue weighted by atomic mass is 9.97. The maximum atomic E-state index is 12.3. The van der Waals surface area contributed by atoms with Crippen LogP contribution in [-0.4, -0.2) is 43.1 Å². The molecule has 6 nitrogen and oxygen atoms in total. The molecule has 2 rings (SSSR count). The number of hydrogen-bond acceptors (Lipinski definition) is 3. The molecular weight excluding hydrogens is 330 g/mol. The molecule has 0 bridgehead atoms. The van der Waals surface area contributed by atoms with Crippen LogP contribution in [0.5, 0.6) is 5.75 Å². The van der Waals surface area contributed by atoms with Crippen LogP contribution < -0.4 is 15.8 Å². The van der Waals surface area contributed by atoms with Crippen LogP contribution in [0.15, 0.2) is 24.3 Å². The maximum absolute atomic E-state index is 12.3. The van der Waals surface area contributed by atoms with Crippen LogP contribution in [0.25, 0.3) is 0 Å². The Morgan fingerprint density at radius 1 is 1.31 bits per heavy atom. The van der Waals surface area contributed by atoms with E-state index in [1.807, 2.05) is 24.3 Å². The summed E-state index contributed by atoms with van der Waals surface area (Å²) in [4.78, 5) is 25.1. The van der Waals surface area contributed by atoms with E-state index >= 15 is 0 Å². The van der Waals surface area contributed by atoms with Crippen molar-refractivity contribution < 1.29 is 14.3 Å². The molecular formula is C20H31N3O3. The van der Waals surface area contributed by atoms with Crippen molar-refractivity contribution in [2.75, 3.05) is 26.2 Å². The van der Waals surface area contributed by atoms with Gasteiger partial charge in [0.05, 0.1) is 12.5 Å².